The minimum absolute atomic E-state index is 0.0582. The third-order valence-electron chi connectivity index (χ3n) is 2.97. The number of esters is 1. The summed E-state index contributed by atoms with van der Waals surface area (Å²) < 4.78 is 45.7. The Morgan fingerprint density at radius 2 is 2.04 bits per heavy atom. The van der Waals surface area contributed by atoms with Crippen molar-refractivity contribution in [3.8, 4) is 5.75 Å². The molecule has 1 aliphatic rings. The van der Waals surface area contributed by atoms with Crippen LogP contribution in [-0.2, 0) is 14.4 Å². The lowest BCUT2D eigenvalue weighted by atomic mass is 10.2. The molecule has 0 saturated carbocycles. The van der Waals surface area contributed by atoms with Crippen molar-refractivity contribution in [2.24, 2.45) is 0 Å². The number of amides is 1. The minimum atomic E-state index is -4.92. The van der Waals surface area contributed by atoms with Gasteiger partial charge in [-0.1, -0.05) is 12.1 Å². The third kappa shape index (κ3) is 4.35. The second-order valence-electron chi connectivity index (χ2n) is 4.59. The third-order valence-corrected chi connectivity index (χ3v) is 2.97. The molecule has 6 nitrogen and oxygen atoms in total. The number of para-hydroxylation sites is 1. The zero-order valence-corrected chi connectivity index (χ0v) is 12.1. The number of nitrogens with zero attached hydrogens (tertiary/aromatic N) is 1. The normalized spacial score (nSPS) is 17.9. The highest BCUT2D eigenvalue weighted by atomic mass is 19.4. The summed E-state index contributed by atoms with van der Waals surface area (Å²) in [6.07, 6.45) is -5.67. The van der Waals surface area contributed by atoms with Gasteiger partial charge in [0.1, 0.15) is 5.75 Å². The molecule has 1 aromatic carbocycles. The molecule has 1 heterocycles. The van der Waals surface area contributed by atoms with Crippen molar-refractivity contribution in [2.45, 2.75) is 25.8 Å². The van der Waals surface area contributed by atoms with Crippen LogP contribution in [0.25, 0.3) is 0 Å². The van der Waals surface area contributed by atoms with Crippen molar-refractivity contribution >= 4 is 11.9 Å². The first-order chi connectivity index (χ1) is 10.8. The van der Waals surface area contributed by atoms with E-state index in [2.05, 4.69) is 4.74 Å². The number of carbonyl (C=O) groups is 2. The number of alkyl halides is 3. The highest BCUT2D eigenvalue weighted by Gasteiger charge is 2.37. The smallest absolute Gasteiger partial charge is 0.464 e. The van der Waals surface area contributed by atoms with Gasteiger partial charge in [-0.25, -0.2) is 9.86 Å². The summed E-state index contributed by atoms with van der Waals surface area (Å²) >= 11 is 0. The van der Waals surface area contributed by atoms with Crippen LogP contribution in [0.15, 0.2) is 24.3 Å². The molecule has 0 spiro atoms. The van der Waals surface area contributed by atoms with E-state index in [9.17, 15) is 22.8 Å². The number of hydrogen-bond donors (Lipinski definition) is 0. The summed E-state index contributed by atoms with van der Waals surface area (Å²) in [5, 5.41) is 0.833. The number of halogens is 3. The molecule has 1 amide bonds. The Labute approximate surface area is 129 Å². The molecule has 0 radical (unpaired) electrons. The van der Waals surface area contributed by atoms with Crippen molar-refractivity contribution in [1.29, 1.82) is 0 Å². The Balaban J connectivity index is 2.11. The molecule has 1 saturated heterocycles. The van der Waals surface area contributed by atoms with Crippen LogP contribution in [0.5, 0.6) is 5.75 Å². The summed E-state index contributed by atoms with van der Waals surface area (Å²) in [5.41, 5.74) is -0.311. The van der Waals surface area contributed by atoms with E-state index in [0.717, 1.165) is 11.1 Å². The van der Waals surface area contributed by atoms with Gasteiger partial charge in [-0.15, -0.1) is 13.2 Å². The van der Waals surface area contributed by atoms with Crippen molar-refractivity contribution < 1.29 is 37.1 Å². The van der Waals surface area contributed by atoms with Crippen LogP contribution >= 0.6 is 0 Å². The van der Waals surface area contributed by atoms with Crippen LogP contribution in [0.2, 0.25) is 0 Å². The molecule has 1 aromatic rings. The van der Waals surface area contributed by atoms with Gasteiger partial charge in [0.15, 0.2) is 6.10 Å². The SMILES string of the molecule is CCOC(=O)C1CCN(C(=O)c2ccccc2OC(F)(F)F)O1. The van der Waals surface area contributed by atoms with Crippen molar-refractivity contribution in [3.63, 3.8) is 0 Å². The largest absolute Gasteiger partial charge is 0.573 e. The molecule has 1 aliphatic heterocycles. The van der Waals surface area contributed by atoms with Crippen molar-refractivity contribution in [3.05, 3.63) is 29.8 Å². The van der Waals surface area contributed by atoms with Crippen molar-refractivity contribution in [2.75, 3.05) is 13.2 Å². The first kappa shape index (κ1) is 17.1. The fourth-order valence-electron chi connectivity index (χ4n) is 2.03. The molecule has 0 N–H and O–H groups in total. The van der Waals surface area contributed by atoms with Gasteiger partial charge in [0, 0.05) is 6.42 Å². The van der Waals surface area contributed by atoms with Gasteiger partial charge in [-0.2, -0.15) is 0 Å². The predicted octanol–water partition coefficient (Wildman–Crippen LogP) is 2.29. The Kier molecular flexibility index (Phi) is 5.09. The maximum Gasteiger partial charge on any atom is 0.573 e. The highest BCUT2D eigenvalue weighted by molar-refractivity contribution is 5.96. The standard InChI is InChI=1S/C14H14F3NO5/c1-2-21-13(20)11-7-8-18(23-11)12(19)9-5-3-4-6-10(9)22-14(15,16)17/h3-6,11H,2,7-8H2,1H3. The van der Waals surface area contributed by atoms with E-state index in [4.69, 9.17) is 9.57 Å². The van der Waals surface area contributed by atoms with Gasteiger partial charge in [0.05, 0.1) is 18.7 Å². The van der Waals surface area contributed by atoms with E-state index in [1.807, 2.05) is 0 Å². The van der Waals surface area contributed by atoms with Gasteiger partial charge in [0.2, 0.25) is 0 Å². The number of hydroxylamine groups is 2. The average molecular weight is 333 g/mol. The van der Waals surface area contributed by atoms with E-state index in [-0.39, 0.29) is 25.1 Å². The predicted molar refractivity (Wildman–Crippen MR) is 70.3 cm³/mol. The second-order valence-corrected chi connectivity index (χ2v) is 4.59. The highest BCUT2D eigenvalue weighted by Crippen LogP contribution is 2.28. The maximum atomic E-state index is 12.4. The van der Waals surface area contributed by atoms with Crippen LogP contribution in [0.4, 0.5) is 13.2 Å². The molecule has 1 unspecified atom stereocenters. The lowest BCUT2D eigenvalue weighted by Gasteiger charge is -2.18. The van der Waals surface area contributed by atoms with Gasteiger partial charge in [-0.3, -0.25) is 9.63 Å². The van der Waals surface area contributed by atoms with Crippen molar-refractivity contribution in [1.82, 2.24) is 5.06 Å². The van der Waals surface area contributed by atoms with Gasteiger partial charge >= 0.3 is 12.3 Å². The fraction of sp³-hybridized carbons (Fsp3) is 0.429. The Bertz CT molecular complexity index is 590. The van der Waals surface area contributed by atoms with E-state index in [1.165, 1.54) is 18.2 Å². The zero-order valence-electron chi connectivity index (χ0n) is 12.1. The minimum Gasteiger partial charge on any atom is -0.464 e. The first-order valence-corrected chi connectivity index (χ1v) is 6.82. The molecule has 126 valence electrons. The lowest BCUT2D eigenvalue weighted by Crippen LogP contribution is -2.31. The summed E-state index contributed by atoms with van der Waals surface area (Å²) in [6, 6.07) is 4.92. The van der Waals surface area contributed by atoms with E-state index in [0.29, 0.717) is 0 Å². The van der Waals surface area contributed by atoms with Gasteiger partial charge in [0.25, 0.3) is 5.91 Å². The molecule has 1 fully saturated rings. The number of hydrogen-bond acceptors (Lipinski definition) is 5. The molecule has 0 aromatic heterocycles. The van der Waals surface area contributed by atoms with Gasteiger partial charge < -0.3 is 9.47 Å². The molecule has 0 aliphatic carbocycles. The second kappa shape index (κ2) is 6.86. The zero-order chi connectivity index (χ0) is 17.0. The topological polar surface area (TPSA) is 65.1 Å². The van der Waals surface area contributed by atoms with E-state index < -0.39 is 30.1 Å². The molecular weight excluding hydrogens is 319 g/mol. The summed E-state index contributed by atoms with van der Waals surface area (Å²) in [4.78, 5) is 29.0. The molecule has 9 heteroatoms. The number of rotatable bonds is 4. The Morgan fingerprint density at radius 3 is 2.70 bits per heavy atom. The van der Waals surface area contributed by atoms with E-state index in [1.54, 1.807) is 6.92 Å². The lowest BCUT2D eigenvalue weighted by molar-refractivity contribution is -0.274. The van der Waals surface area contributed by atoms with Crippen LogP contribution in [0.1, 0.15) is 23.7 Å². The molecular formula is C14H14F3NO5. The summed E-state index contributed by atoms with van der Waals surface area (Å²) in [6.45, 7) is 1.85. The first-order valence-electron chi connectivity index (χ1n) is 6.82. The van der Waals surface area contributed by atoms with E-state index >= 15 is 0 Å². The summed E-state index contributed by atoms with van der Waals surface area (Å²) in [7, 11) is 0. The van der Waals surface area contributed by atoms with Gasteiger partial charge in [-0.05, 0) is 19.1 Å². The molecule has 2 rings (SSSR count). The fourth-order valence-corrected chi connectivity index (χ4v) is 2.03. The Morgan fingerprint density at radius 1 is 1.35 bits per heavy atom. The quantitative estimate of drug-likeness (QED) is 0.791. The monoisotopic (exact) mass is 333 g/mol. The molecule has 0 bridgehead atoms. The van der Waals surface area contributed by atoms with Crippen LogP contribution in [-0.4, -0.2) is 42.6 Å². The molecule has 23 heavy (non-hydrogen) atoms. The van der Waals surface area contributed by atoms with Crippen LogP contribution in [0, 0.1) is 0 Å². The Hall–Kier alpha value is -2.29. The number of benzene rings is 1. The number of carbonyl (C=O) groups excluding carboxylic acids is 2. The van der Waals surface area contributed by atoms with Crippen LogP contribution in [0.3, 0.4) is 0 Å². The number of ether oxygens (including phenoxy) is 2. The average Bonchev–Trinajstić information content (AvgIpc) is 2.95. The maximum absolute atomic E-state index is 12.4. The molecule has 1 atom stereocenters. The summed E-state index contributed by atoms with van der Waals surface area (Å²) in [5.74, 6) is -2.08. The van der Waals surface area contributed by atoms with Crippen LogP contribution < -0.4 is 4.74 Å².